The van der Waals surface area contributed by atoms with Gasteiger partial charge < -0.3 is 18.9 Å². The molecule has 0 saturated heterocycles. The lowest BCUT2D eigenvalue weighted by Crippen LogP contribution is -2.06. The van der Waals surface area contributed by atoms with Crippen molar-refractivity contribution in [3.63, 3.8) is 0 Å². The van der Waals surface area contributed by atoms with Gasteiger partial charge in [-0.25, -0.2) is 4.98 Å². The van der Waals surface area contributed by atoms with E-state index in [0.717, 1.165) is 35.9 Å². The number of hydrogen-bond acceptors (Lipinski definition) is 5. The van der Waals surface area contributed by atoms with Crippen molar-refractivity contribution in [2.45, 2.75) is 72.6 Å². The second-order valence-electron chi connectivity index (χ2n) is 8.50. The molecule has 0 aliphatic carbocycles. The number of aryl methyl sites for hydroxylation is 3. The predicted octanol–water partition coefficient (Wildman–Crippen LogP) is 6.32. The highest BCUT2D eigenvalue weighted by atomic mass is 16.6. The fourth-order valence-electron chi connectivity index (χ4n) is 3.97. The Kier molecular flexibility index (Phi) is 11.6. The smallest absolute Gasteiger partial charge is 0.223 e. The summed E-state index contributed by atoms with van der Waals surface area (Å²) in [5.41, 5.74) is 5.60. The summed E-state index contributed by atoms with van der Waals surface area (Å²) in [4.78, 5) is 9.21. The number of aromatic nitrogens is 2. The van der Waals surface area contributed by atoms with E-state index in [-0.39, 0.29) is 0 Å². The van der Waals surface area contributed by atoms with Crippen LogP contribution in [0, 0.1) is 13.8 Å². The molecule has 182 valence electrons. The minimum Gasteiger partial charge on any atom is -0.490 e. The molecule has 0 N–H and O–H groups in total. The second-order valence-corrected chi connectivity index (χ2v) is 8.50. The highest BCUT2D eigenvalue weighted by Crippen LogP contribution is 2.24. The normalized spacial score (nSPS) is 11.9. The van der Waals surface area contributed by atoms with E-state index >= 15 is 0 Å². The van der Waals surface area contributed by atoms with Crippen molar-refractivity contribution >= 4 is 5.71 Å². The molecule has 0 amide bonds. The molecule has 0 atom stereocenters. The maximum Gasteiger partial charge on any atom is 0.223 e. The van der Waals surface area contributed by atoms with Gasteiger partial charge in [-0.2, -0.15) is 0 Å². The van der Waals surface area contributed by atoms with Crippen LogP contribution in [0.2, 0.25) is 0 Å². The summed E-state index contributed by atoms with van der Waals surface area (Å²) in [5, 5.41) is 3.96. The van der Waals surface area contributed by atoms with Gasteiger partial charge >= 0.3 is 0 Å². The predicted molar refractivity (Wildman–Crippen MR) is 136 cm³/mol. The molecule has 1 heterocycles. The molecule has 33 heavy (non-hydrogen) atoms. The first kappa shape index (κ1) is 26.5. The van der Waals surface area contributed by atoms with E-state index in [0.29, 0.717) is 13.2 Å². The monoisotopic (exact) mass is 455 g/mol. The SMILES string of the molecule is C/C=C/COc1cc(C)c(CCCCCCCCOc2c(C(C)=NOC)ncn2C)c(C)c1. The molecule has 0 aliphatic heterocycles. The topological polar surface area (TPSA) is 57.9 Å². The first-order valence-electron chi connectivity index (χ1n) is 12.0. The molecule has 0 aliphatic rings. The van der Waals surface area contributed by atoms with Gasteiger partial charge in [-0.05, 0) is 75.8 Å². The van der Waals surface area contributed by atoms with E-state index < -0.39 is 0 Å². The summed E-state index contributed by atoms with van der Waals surface area (Å²) >= 11 is 0. The van der Waals surface area contributed by atoms with Crippen LogP contribution >= 0.6 is 0 Å². The molecule has 0 fully saturated rings. The lowest BCUT2D eigenvalue weighted by Gasteiger charge is -2.13. The number of rotatable bonds is 15. The number of nitrogens with zero attached hydrogens (tertiary/aromatic N) is 3. The van der Waals surface area contributed by atoms with Crippen LogP contribution in [0.25, 0.3) is 0 Å². The Morgan fingerprint density at radius 1 is 1.03 bits per heavy atom. The van der Waals surface area contributed by atoms with Gasteiger partial charge in [0.2, 0.25) is 5.88 Å². The van der Waals surface area contributed by atoms with Crippen LogP contribution in [0.15, 0.2) is 35.8 Å². The Morgan fingerprint density at radius 2 is 1.70 bits per heavy atom. The summed E-state index contributed by atoms with van der Waals surface area (Å²) in [6, 6.07) is 4.34. The first-order chi connectivity index (χ1) is 16.0. The third-order valence-corrected chi connectivity index (χ3v) is 5.77. The van der Waals surface area contributed by atoms with Gasteiger partial charge in [-0.15, -0.1) is 0 Å². The maximum absolute atomic E-state index is 5.98. The Hall–Kier alpha value is -2.76. The van der Waals surface area contributed by atoms with Gasteiger partial charge in [-0.3, -0.25) is 0 Å². The quantitative estimate of drug-likeness (QED) is 0.136. The maximum atomic E-state index is 5.98. The summed E-state index contributed by atoms with van der Waals surface area (Å²) in [6.07, 6.45) is 14.1. The summed E-state index contributed by atoms with van der Waals surface area (Å²) in [5.74, 6) is 1.71. The van der Waals surface area contributed by atoms with Crippen molar-refractivity contribution < 1.29 is 14.3 Å². The highest BCUT2D eigenvalue weighted by Gasteiger charge is 2.13. The van der Waals surface area contributed by atoms with Crippen LogP contribution in [0.1, 0.15) is 74.8 Å². The van der Waals surface area contributed by atoms with E-state index in [2.05, 4.69) is 36.1 Å². The summed E-state index contributed by atoms with van der Waals surface area (Å²) in [6.45, 7) is 9.59. The molecule has 0 unspecified atom stereocenters. The molecule has 1 aromatic heterocycles. The van der Waals surface area contributed by atoms with E-state index in [1.54, 1.807) is 6.33 Å². The molecule has 2 rings (SSSR count). The molecule has 1 aromatic carbocycles. The largest absolute Gasteiger partial charge is 0.490 e. The van der Waals surface area contributed by atoms with Crippen LogP contribution in [-0.2, 0) is 18.3 Å². The Labute approximate surface area is 199 Å². The van der Waals surface area contributed by atoms with Crippen LogP contribution in [0.3, 0.4) is 0 Å². The average Bonchev–Trinajstić information content (AvgIpc) is 3.15. The Morgan fingerprint density at radius 3 is 2.36 bits per heavy atom. The number of ether oxygens (including phenoxy) is 2. The molecule has 0 bridgehead atoms. The van der Waals surface area contributed by atoms with Gasteiger partial charge in [-0.1, -0.05) is 43.0 Å². The highest BCUT2D eigenvalue weighted by molar-refractivity contribution is 5.98. The van der Waals surface area contributed by atoms with Gasteiger partial charge in [0.05, 0.1) is 12.9 Å². The zero-order valence-electron chi connectivity index (χ0n) is 21.3. The Balaban J connectivity index is 1.64. The van der Waals surface area contributed by atoms with E-state index in [9.17, 15) is 0 Å². The molecular formula is C27H41N3O3. The zero-order valence-corrected chi connectivity index (χ0v) is 21.3. The number of allylic oxidation sites excluding steroid dienone is 1. The molecule has 0 spiro atoms. The molecule has 6 nitrogen and oxygen atoms in total. The molecule has 0 radical (unpaired) electrons. The van der Waals surface area contributed by atoms with Crippen molar-refractivity contribution in [1.29, 1.82) is 0 Å². The lowest BCUT2D eigenvalue weighted by atomic mass is 9.96. The van der Waals surface area contributed by atoms with Crippen LogP contribution < -0.4 is 9.47 Å². The van der Waals surface area contributed by atoms with Gasteiger partial charge in [0.15, 0.2) is 0 Å². The van der Waals surface area contributed by atoms with E-state index in [1.807, 2.05) is 37.6 Å². The average molecular weight is 456 g/mol. The standard InChI is InChI=1S/C27H41N3O3/c1-7-8-16-32-24-18-21(2)25(22(3)19-24)15-13-11-9-10-12-14-17-33-27-26(23(4)29-31-6)28-20-30(27)5/h7-8,18-20H,9-17H2,1-6H3/b8-7+,29-23?. The van der Waals surface area contributed by atoms with Crippen molar-refractivity contribution in [3.05, 3.63) is 53.0 Å². The van der Waals surface area contributed by atoms with Gasteiger partial charge in [0.1, 0.15) is 30.9 Å². The van der Waals surface area contributed by atoms with E-state index in [4.69, 9.17) is 14.3 Å². The molecule has 0 saturated carbocycles. The second kappa shape index (κ2) is 14.4. The number of oxime groups is 1. The van der Waals surface area contributed by atoms with Crippen LogP contribution in [0.4, 0.5) is 0 Å². The number of hydrogen-bond donors (Lipinski definition) is 0. The van der Waals surface area contributed by atoms with Crippen molar-refractivity contribution in [2.75, 3.05) is 20.3 Å². The third-order valence-electron chi connectivity index (χ3n) is 5.77. The van der Waals surface area contributed by atoms with E-state index in [1.165, 1.54) is 55.9 Å². The first-order valence-corrected chi connectivity index (χ1v) is 12.0. The summed E-state index contributed by atoms with van der Waals surface area (Å²) < 4.78 is 13.7. The summed E-state index contributed by atoms with van der Waals surface area (Å²) in [7, 11) is 3.47. The molecule has 6 heteroatoms. The van der Waals surface area contributed by atoms with Crippen LogP contribution in [-0.4, -0.2) is 35.6 Å². The van der Waals surface area contributed by atoms with Crippen LogP contribution in [0.5, 0.6) is 11.6 Å². The number of imidazole rings is 1. The Bertz CT molecular complexity index is 892. The minimum atomic E-state index is 0.630. The minimum absolute atomic E-state index is 0.630. The lowest BCUT2D eigenvalue weighted by molar-refractivity contribution is 0.213. The zero-order chi connectivity index (χ0) is 24.1. The molecular weight excluding hydrogens is 414 g/mol. The fourth-order valence-corrected chi connectivity index (χ4v) is 3.97. The van der Waals surface area contributed by atoms with Crippen molar-refractivity contribution in [1.82, 2.24) is 9.55 Å². The fraction of sp³-hybridized carbons (Fsp3) is 0.556. The number of benzene rings is 1. The van der Waals surface area contributed by atoms with Crippen molar-refractivity contribution in [2.24, 2.45) is 12.2 Å². The third kappa shape index (κ3) is 8.60. The van der Waals surface area contributed by atoms with Crippen molar-refractivity contribution in [3.8, 4) is 11.6 Å². The number of unbranched alkanes of at least 4 members (excludes halogenated alkanes) is 5. The van der Waals surface area contributed by atoms with Gasteiger partial charge in [0.25, 0.3) is 0 Å². The van der Waals surface area contributed by atoms with Gasteiger partial charge in [0, 0.05) is 7.05 Å². The molecule has 2 aromatic rings.